The van der Waals surface area contributed by atoms with E-state index in [2.05, 4.69) is 41.1 Å². The van der Waals surface area contributed by atoms with Gasteiger partial charge < -0.3 is 10.2 Å². The van der Waals surface area contributed by atoms with Gasteiger partial charge in [0.2, 0.25) is 0 Å². The molecule has 2 saturated heterocycles. The minimum absolute atomic E-state index is 0.557. The third-order valence-electron chi connectivity index (χ3n) is 4.61. The number of pyridine rings is 1. The second-order valence-electron chi connectivity index (χ2n) is 6.30. The van der Waals surface area contributed by atoms with Gasteiger partial charge in [-0.15, -0.1) is 0 Å². The van der Waals surface area contributed by atoms with Crippen LogP contribution < -0.4 is 10.2 Å². The summed E-state index contributed by atoms with van der Waals surface area (Å²) in [5, 5.41) is 3.24. The van der Waals surface area contributed by atoms with Gasteiger partial charge in [0.1, 0.15) is 5.82 Å². The van der Waals surface area contributed by atoms with Crippen molar-refractivity contribution in [1.29, 1.82) is 0 Å². The van der Waals surface area contributed by atoms with Crippen LogP contribution in [0.2, 0.25) is 0 Å². The summed E-state index contributed by atoms with van der Waals surface area (Å²) in [7, 11) is 2.00. The Labute approximate surface area is 122 Å². The molecule has 0 amide bonds. The largest absolute Gasteiger partial charge is 0.351 e. The predicted octanol–water partition coefficient (Wildman–Crippen LogP) is 1.78. The van der Waals surface area contributed by atoms with E-state index in [-0.39, 0.29) is 0 Å². The standard InChI is InChI=1S/C16H26N4/c1-12-7-14(9-17-3)8-16(18-12)20-11-15-5-4-6-19(15)10-13(20)2/h7-8,13,15,17H,4-6,9-11H2,1-3H3. The fourth-order valence-electron chi connectivity index (χ4n) is 3.68. The number of rotatable bonds is 3. The van der Waals surface area contributed by atoms with E-state index in [4.69, 9.17) is 4.98 Å². The average Bonchev–Trinajstić information content (AvgIpc) is 2.84. The first kappa shape index (κ1) is 13.8. The molecule has 0 radical (unpaired) electrons. The minimum Gasteiger partial charge on any atom is -0.351 e. The van der Waals surface area contributed by atoms with E-state index in [1.165, 1.54) is 31.5 Å². The summed E-state index contributed by atoms with van der Waals surface area (Å²) < 4.78 is 0. The third-order valence-corrected chi connectivity index (χ3v) is 4.61. The van der Waals surface area contributed by atoms with Crippen molar-refractivity contribution in [3.63, 3.8) is 0 Å². The van der Waals surface area contributed by atoms with Crippen LogP contribution >= 0.6 is 0 Å². The maximum atomic E-state index is 4.78. The molecular formula is C16H26N4. The molecule has 2 aliphatic heterocycles. The van der Waals surface area contributed by atoms with Crippen LogP contribution in [0.15, 0.2) is 12.1 Å². The van der Waals surface area contributed by atoms with Gasteiger partial charge in [-0.2, -0.15) is 0 Å². The Kier molecular flexibility index (Phi) is 3.94. The number of aromatic nitrogens is 1. The highest BCUT2D eigenvalue weighted by atomic mass is 15.3. The van der Waals surface area contributed by atoms with Crippen molar-refractivity contribution in [2.24, 2.45) is 0 Å². The van der Waals surface area contributed by atoms with Crippen LogP contribution in [-0.2, 0) is 6.54 Å². The number of piperazine rings is 1. The first-order valence-electron chi connectivity index (χ1n) is 7.80. The summed E-state index contributed by atoms with van der Waals surface area (Å²) in [5.74, 6) is 1.16. The molecule has 0 aliphatic carbocycles. The Hall–Kier alpha value is -1.13. The van der Waals surface area contributed by atoms with Crippen molar-refractivity contribution in [3.05, 3.63) is 23.4 Å². The fourth-order valence-corrected chi connectivity index (χ4v) is 3.68. The maximum Gasteiger partial charge on any atom is 0.129 e. The van der Waals surface area contributed by atoms with Gasteiger partial charge in [-0.1, -0.05) is 0 Å². The zero-order valence-electron chi connectivity index (χ0n) is 12.9. The Bertz CT molecular complexity index is 474. The number of anilines is 1. The molecule has 3 rings (SSSR count). The van der Waals surface area contributed by atoms with Crippen molar-refractivity contribution < 1.29 is 0 Å². The molecule has 0 aromatic carbocycles. The smallest absolute Gasteiger partial charge is 0.129 e. The van der Waals surface area contributed by atoms with Gasteiger partial charge in [0.25, 0.3) is 0 Å². The molecule has 0 saturated carbocycles. The Morgan fingerprint density at radius 2 is 2.20 bits per heavy atom. The van der Waals surface area contributed by atoms with E-state index in [0.29, 0.717) is 6.04 Å². The van der Waals surface area contributed by atoms with E-state index in [9.17, 15) is 0 Å². The number of nitrogens with zero attached hydrogens (tertiary/aromatic N) is 3. The van der Waals surface area contributed by atoms with Crippen molar-refractivity contribution in [2.45, 2.75) is 45.3 Å². The van der Waals surface area contributed by atoms with Crippen LogP contribution in [-0.4, -0.2) is 48.6 Å². The topological polar surface area (TPSA) is 31.4 Å². The highest BCUT2D eigenvalue weighted by Crippen LogP contribution is 2.28. The molecule has 4 heteroatoms. The lowest BCUT2D eigenvalue weighted by Gasteiger charge is -2.43. The van der Waals surface area contributed by atoms with Crippen molar-refractivity contribution in [2.75, 3.05) is 31.6 Å². The second-order valence-corrected chi connectivity index (χ2v) is 6.30. The van der Waals surface area contributed by atoms with Crippen LogP contribution in [0.25, 0.3) is 0 Å². The predicted molar refractivity (Wildman–Crippen MR) is 83.1 cm³/mol. The van der Waals surface area contributed by atoms with Crippen molar-refractivity contribution >= 4 is 5.82 Å². The molecular weight excluding hydrogens is 248 g/mol. The number of hydrogen-bond donors (Lipinski definition) is 1. The monoisotopic (exact) mass is 274 g/mol. The summed E-state index contributed by atoms with van der Waals surface area (Å²) in [6.45, 7) is 8.94. The summed E-state index contributed by atoms with van der Waals surface area (Å²) >= 11 is 0. The van der Waals surface area contributed by atoms with Crippen molar-refractivity contribution in [1.82, 2.24) is 15.2 Å². The molecule has 4 nitrogen and oxygen atoms in total. The number of hydrogen-bond acceptors (Lipinski definition) is 4. The molecule has 2 aliphatic rings. The van der Waals surface area contributed by atoms with Gasteiger partial charge >= 0.3 is 0 Å². The van der Waals surface area contributed by atoms with Crippen LogP contribution in [0.3, 0.4) is 0 Å². The molecule has 1 aromatic heterocycles. The van der Waals surface area contributed by atoms with Gasteiger partial charge in [-0.3, -0.25) is 4.90 Å². The van der Waals surface area contributed by atoms with Crippen LogP contribution in [0, 0.1) is 6.92 Å². The molecule has 2 fully saturated rings. The van der Waals surface area contributed by atoms with E-state index in [0.717, 1.165) is 30.6 Å². The summed E-state index contributed by atoms with van der Waals surface area (Å²) in [4.78, 5) is 9.95. The molecule has 20 heavy (non-hydrogen) atoms. The zero-order valence-corrected chi connectivity index (χ0v) is 12.9. The van der Waals surface area contributed by atoms with Crippen LogP contribution in [0.1, 0.15) is 31.0 Å². The molecule has 3 heterocycles. The maximum absolute atomic E-state index is 4.78. The normalized spacial score (nSPS) is 26.9. The van der Waals surface area contributed by atoms with E-state index in [1.54, 1.807) is 0 Å². The molecule has 2 unspecified atom stereocenters. The molecule has 1 N–H and O–H groups in total. The van der Waals surface area contributed by atoms with Gasteiger partial charge in [0.05, 0.1) is 0 Å². The minimum atomic E-state index is 0.557. The lowest BCUT2D eigenvalue weighted by Crippen LogP contribution is -2.55. The third kappa shape index (κ3) is 2.67. The Morgan fingerprint density at radius 3 is 3.00 bits per heavy atom. The first-order chi connectivity index (χ1) is 9.67. The molecule has 0 bridgehead atoms. The van der Waals surface area contributed by atoms with E-state index in [1.807, 2.05) is 7.05 Å². The van der Waals surface area contributed by atoms with Gasteiger partial charge in [-0.25, -0.2) is 4.98 Å². The van der Waals surface area contributed by atoms with Crippen LogP contribution in [0.4, 0.5) is 5.82 Å². The second kappa shape index (κ2) is 5.70. The number of aryl methyl sites for hydroxylation is 1. The fraction of sp³-hybridized carbons (Fsp3) is 0.688. The molecule has 110 valence electrons. The van der Waals surface area contributed by atoms with Gasteiger partial charge in [0, 0.05) is 37.4 Å². The van der Waals surface area contributed by atoms with E-state index < -0.39 is 0 Å². The Morgan fingerprint density at radius 1 is 1.35 bits per heavy atom. The number of nitrogens with one attached hydrogen (secondary N) is 1. The zero-order chi connectivity index (χ0) is 14.1. The summed E-state index contributed by atoms with van der Waals surface area (Å²) in [6.07, 6.45) is 2.70. The lowest BCUT2D eigenvalue weighted by atomic mass is 10.1. The Balaban J connectivity index is 1.84. The highest BCUT2D eigenvalue weighted by Gasteiger charge is 2.34. The van der Waals surface area contributed by atoms with Gasteiger partial charge in [0.15, 0.2) is 0 Å². The molecule has 2 atom stereocenters. The van der Waals surface area contributed by atoms with E-state index >= 15 is 0 Å². The molecule has 1 aromatic rings. The quantitative estimate of drug-likeness (QED) is 0.910. The lowest BCUT2D eigenvalue weighted by molar-refractivity contribution is 0.202. The highest BCUT2D eigenvalue weighted by molar-refractivity contribution is 5.44. The number of fused-ring (bicyclic) bond motifs is 1. The summed E-state index contributed by atoms with van der Waals surface area (Å²) in [6, 6.07) is 5.73. The van der Waals surface area contributed by atoms with Crippen molar-refractivity contribution in [3.8, 4) is 0 Å². The molecule has 0 spiro atoms. The first-order valence-corrected chi connectivity index (χ1v) is 7.80. The van der Waals surface area contributed by atoms with Crippen LogP contribution in [0.5, 0.6) is 0 Å². The SMILES string of the molecule is CNCc1cc(C)nc(N2CC3CCCN3CC2C)c1. The van der Waals surface area contributed by atoms with Gasteiger partial charge in [-0.05, 0) is 58.0 Å². The summed E-state index contributed by atoms with van der Waals surface area (Å²) in [5.41, 5.74) is 2.45. The average molecular weight is 274 g/mol.